The first kappa shape index (κ1) is 13.7. The van der Waals surface area contributed by atoms with Gasteiger partial charge < -0.3 is 5.73 Å². The van der Waals surface area contributed by atoms with Crippen molar-refractivity contribution in [1.82, 2.24) is 15.0 Å². The Balaban J connectivity index is 2.46. The monoisotopic (exact) mass is 258 g/mol. The summed E-state index contributed by atoms with van der Waals surface area (Å²) in [6, 6.07) is 6.38. The lowest BCUT2D eigenvalue weighted by molar-refractivity contribution is 0.711. The molecule has 0 spiro atoms. The molecule has 0 unspecified atom stereocenters. The van der Waals surface area contributed by atoms with Gasteiger partial charge in [0.2, 0.25) is 0 Å². The lowest BCUT2D eigenvalue weighted by Crippen LogP contribution is -2.07. The number of rotatable bonds is 5. The van der Waals surface area contributed by atoms with Crippen LogP contribution in [0.4, 0.5) is 0 Å². The topological polar surface area (TPSA) is 56.7 Å². The molecule has 0 aliphatic rings. The largest absolute Gasteiger partial charge is 0.325 e. The zero-order chi connectivity index (χ0) is 13.8. The standard InChI is InChI=1S/C15H22N4/c1-4-5-6-15-13(10-16)17-18-19(15)14-8-7-11(2)9-12(14)3/h7-9H,4-6,10,16H2,1-3H3. The summed E-state index contributed by atoms with van der Waals surface area (Å²) in [5.41, 5.74) is 11.4. The maximum atomic E-state index is 5.76. The van der Waals surface area contributed by atoms with Gasteiger partial charge in [0.1, 0.15) is 0 Å². The van der Waals surface area contributed by atoms with Crippen molar-refractivity contribution in [1.29, 1.82) is 0 Å². The van der Waals surface area contributed by atoms with E-state index < -0.39 is 0 Å². The lowest BCUT2D eigenvalue weighted by atomic mass is 10.1. The second-order valence-electron chi connectivity index (χ2n) is 4.99. The second kappa shape index (κ2) is 5.97. The summed E-state index contributed by atoms with van der Waals surface area (Å²) in [5, 5.41) is 8.50. The lowest BCUT2D eigenvalue weighted by Gasteiger charge is -2.10. The Morgan fingerprint density at radius 2 is 2.05 bits per heavy atom. The third kappa shape index (κ3) is 2.84. The average molecular weight is 258 g/mol. The van der Waals surface area contributed by atoms with Crippen molar-refractivity contribution >= 4 is 0 Å². The molecule has 0 amide bonds. The van der Waals surface area contributed by atoms with Crippen LogP contribution in [-0.4, -0.2) is 15.0 Å². The number of aromatic nitrogens is 3. The molecule has 19 heavy (non-hydrogen) atoms. The quantitative estimate of drug-likeness (QED) is 0.897. The maximum Gasteiger partial charge on any atom is 0.0999 e. The third-order valence-corrected chi connectivity index (χ3v) is 3.38. The van der Waals surface area contributed by atoms with Crippen LogP contribution < -0.4 is 5.73 Å². The van der Waals surface area contributed by atoms with Crippen LogP contribution >= 0.6 is 0 Å². The highest BCUT2D eigenvalue weighted by Crippen LogP contribution is 2.19. The van der Waals surface area contributed by atoms with Gasteiger partial charge in [0.15, 0.2) is 0 Å². The van der Waals surface area contributed by atoms with Crippen molar-refractivity contribution in [3.05, 3.63) is 40.7 Å². The highest BCUT2D eigenvalue weighted by atomic mass is 15.4. The Morgan fingerprint density at radius 3 is 2.68 bits per heavy atom. The minimum atomic E-state index is 0.448. The summed E-state index contributed by atoms with van der Waals surface area (Å²) in [6.45, 7) is 6.84. The Morgan fingerprint density at radius 1 is 1.26 bits per heavy atom. The van der Waals surface area contributed by atoms with Crippen LogP contribution in [0.15, 0.2) is 18.2 Å². The Kier molecular flexibility index (Phi) is 4.32. The first-order valence-corrected chi connectivity index (χ1v) is 6.88. The highest BCUT2D eigenvalue weighted by molar-refractivity contribution is 5.43. The number of unbranched alkanes of at least 4 members (excludes halogenated alkanes) is 1. The number of nitrogens with two attached hydrogens (primary N) is 1. The fourth-order valence-corrected chi connectivity index (χ4v) is 2.32. The van der Waals surface area contributed by atoms with Crippen LogP contribution in [0.3, 0.4) is 0 Å². The van der Waals surface area contributed by atoms with Crippen molar-refractivity contribution in [3.63, 3.8) is 0 Å². The van der Waals surface area contributed by atoms with Crippen LogP contribution in [0.2, 0.25) is 0 Å². The van der Waals surface area contributed by atoms with Crippen LogP contribution in [0.25, 0.3) is 5.69 Å². The smallest absolute Gasteiger partial charge is 0.0999 e. The van der Waals surface area contributed by atoms with Gasteiger partial charge in [-0.15, -0.1) is 5.10 Å². The molecule has 4 heteroatoms. The molecular weight excluding hydrogens is 236 g/mol. The fraction of sp³-hybridized carbons (Fsp3) is 0.467. The maximum absolute atomic E-state index is 5.76. The van der Waals surface area contributed by atoms with Crippen LogP contribution in [0, 0.1) is 13.8 Å². The van der Waals surface area contributed by atoms with Crippen LogP contribution in [0.5, 0.6) is 0 Å². The Bertz CT molecular complexity index is 557. The molecule has 0 saturated carbocycles. The number of benzene rings is 1. The van der Waals surface area contributed by atoms with Gasteiger partial charge in [-0.25, -0.2) is 4.68 Å². The van der Waals surface area contributed by atoms with Crippen molar-refractivity contribution in [2.75, 3.05) is 0 Å². The minimum absolute atomic E-state index is 0.448. The average Bonchev–Trinajstić information content (AvgIpc) is 2.79. The molecule has 102 valence electrons. The molecule has 2 N–H and O–H groups in total. The first-order chi connectivity index (χ1) is 9.17. The highest BCUT2D eigenvalue weighted by Gasteiger charge is 2.13. The van der Waals surface area contributed by atoms with Gasteiger partial charge in [0, 0.05) is 6.54 Å². The van der Waals surface area contributed by atoms with Crippen molar-refractivity contribution < 1.29 is 0 Å². The zero-order valence-electron chi connectivity index (χ0n) is 12.0. The van der Waals surface area contributed by atoms with E-state index in [0.29, 0.717) is 6.54 Å². The molecule has 0 fully saturated rings. The summed E-state index contributed by atoms with van der Waals surface area (Å²) in [6.07, 6.45) is 3.26. The number of nitrogens with zero attached hydrogens (tertiary/aromatic N) is 3. The van der Waals surface area contributed by atoms with E-state index in [1.807, 2.05) is 4.68 Å². The molecule has 1 heterocycles. The summed E-state index contributed by atoms with van der Waals surface area (Å²) < 4.78 is 1.95. The van der Waals surface area contributed by atoms with Gasteiger partial charge >= 0.3 is 0 Å². The van der Waals surface area contributed by atoms with E-state index in [1.165, 1.54) is 11.1 Å². The summed E-state index contributed by atoms with van der Waals surface area (Å²) >= 11 is 0. The van der Waals surface area contributed by atoms with Gasteiger partial charge in [0.05, 0.1) is 17.1 Å². The normalized spacial score (nSPS) is 10.9. The molecule has 0 bridgehead atoms. The molecule has 4 nitrogen and oxygen atoms in total. The molecule has 2 aromatic rings. The van der Waals surface area contributed by atoms with E-state index in [0.717, 1.165) is 36.3 Å². The number of hydrogen-bond donors (Lipinski definition) is 1. The van der Waals surface area contributed by atoms with Crippen LogP contribution in [-0.2, 0) is 13.0 Å². The van der Waals surface area contributed by atoms with Crippen molar-refractivity contribution in [3.8, 4) is 5.69 Å². The van der Waals surface area contributed by atoms with Gasteiger partial charge in [-0.3, -0.25) is 0 Å². The van der Waals surface area contributed by atoms with E-state index in [-0.39, 0.29) is 0 Å². The molecule has 0 atom stereocenters. The minimum Gasteiger partial charge on any atom is -0.325 e. The van der Waals surface area contributed by atoms with Crippen molar-refractivity contribution in [2.24, 2.45) is 5.73 Å². The van der Waals surface area contributed by atoms with E-state index in [9.17, 15) is 0 Å². The van der Waals surface area contributed by atoms with Crippen molar-refractivity contribution in [2.45, 2.75) is 46.6 Å². The van der Waals surface area contributed by atoms with E-state index in [2.05, 4.69) is 49.3 Å². The molecule has 1 aromatic carbocycles. The predicted octanol–water partition coefficient (Wildman–Crippen LogP) is 2.69. The molecule has 0 aliphatic carbocycles. The summed E-state index contributed by atoms with van der Waals surface area (Å²) in [7, 11) is 0. The molecule has 1 aromatic heterocycles. The molecule has 2 rings (SSSR count). The van der Waals surface area contributed by atoms with E-state index >= 15 is 0 Å². The predicted molar refractivity (Wildman–Crippen MR) is 77.3 cm³/mol. The van der Waals surface area contributed by atoms with Gasteiger partial charge in [0.25, 0.3) is 0 Å². The molecular formula is C15H22N4. The van der Waals surface area contributed by atoms with E-state index in [4.69, 9.17) is 5.73 Å². The summed E-state index contributed by atoms with van der Waals surface area (Å²) in [5.74, 6) is 0. The molecule has 0 radical (unpaired) electrons. The SMILES string of the molecule is CCCCc1c(CN)nnn1-c1ccc(C)cc1C. The molecule has 0 aliphatic heterocycles. The zero-order valence-corrected chi connectivity index (χ0v) is 12.0. The van der Waals surface area contributed by atoms with Gasteiger partial charge in [-0.2, -0.15) is 0 Å². The Labute approximate surface area is 114 Å². The van der Waals surface area contributed by atoms with E-state index in [1.54, 1.807) is 0 Å². The third-order valence-electron chi connectivity index (χ3n) is 3.38. The first-order valence-electron chi connectivity index (χ1n) is 6.88. The fourth-order valence-electron chi connectivity index (χ4n) is 2.32. The molecule has 0 saturated heterocycles. The Hall–Kier alpha value is -1.68. The van der Waals surface area contributed by atoms with Crippen LogP contribution in [0.1, 0.15) is 42.3 Å². The number of aryl methyl sites for hydroxylation is 2. The second-order valence-corrected chi connectivity index (χ2v) is 4.99. The van der Waals surface area contributed by atoms with Gasteiger partial charge in [-0.1, -0.05) is 36.3 Å². The summed E-state index contributed by atoms with van der Waals surface area (Å²) in [4.78, 5) is 0. The van der Waals surface area contributed by atoms with Gasteiger partial charge in [-0.05, 0) is 38.3 Å². The number of hydrogen-bond acceptors (Lipinski definition) is 3.